The van der Waals surface area contributed by atoms with E-state index in [1.165, 1.54) is 19.1 Å². The number of aromatic nitrogens is 2. The van der Waals surface area contributed by atoms with E-state index in [-0.39, 0.29) is 0 Å². The predicted molar refractivity (Wildman–Crippen MR) is 124 cm³/mol. The maximum atomic E-state index is 12.4. The van der Waals surface area contributed by atoms with Gasteiger partial charge in [0.1, 0.15) is 18.4 Å². The van der Waals surface area contributed by atoms with E-state index >= 15 is 0 Å². The van der Waals surface area contributed by atoms with Crippen LogP contribution < -0.4 is 14.8 Å². The normalized spacial score (nSPS) is 13.5. The molecule has 0 spiro atoms. The van der Waals surface area contributed by atoms with Gasteiger partial charge < -0.3 is 19.5 Å². The fourth-order valence-electron chi connectivity index (χ4n) is 3.22. The van der Waals surface area contributed by atoms with Gasteiger partial charge in [0.15, 0.2) is 17.6 Å². The highest BCUT2D eigenvalue weighted by Crippen LogP contribution is 2.32. The molecule has 0 fully saturated rings. The van der Waals surface area contributed by atoms with Crippen LogP contribution in [0, 0.1) is 6.92 Å². The van der Waals surface area contributed by atoms with Crippen molar-refractivity contribution in [1.29, 1.82) is 0 Å². The zero-order valence-corrected chi connectivity index (χ0v) is 18.8. The number of halogens is 1. The Kier molecular flexibility index (Phi) is 6.65. The van der Waals surface area contributed by atoms with Gasteiger partial charge >= 0.3 is 5.97 Å². The average Bonchev–Trinajstić information content (AvgIpc) is 3.11. The third kappa shape index (κ3) is 5.18. The van der Waals surface area contributed by atoms with E-state index in [0.29, 0.717) is 46.8 Å². The molecule has 1 unspecified atom stereocenters. The summed E-state index contributed by atoms with van der Waals surface area (Å²) in [5.41, 5.74) is 2.55. The first-order chi connectivity index (χ1) is 15.9. The molecule has 2 aromatic carbocycles. The van der Waals surface area contributed by atoms with Crippen molar-refractivity contribution in [2.75, 3.05) is 18.5 Å². The molecule has 3 aromatic rings. The number of benzene rings is 2. The van der Waals surface area contributed by atoms with Crippen LogP contribution in [0.25, 0.3) is 11.8 Å². The van der Waals surface area contributed by atoms with E-state index in [1.54, 1.807) is 29.8 Å². The number of fused-ring (bicyclic) bond motifs is 1. The van der Waals surface area contributed by atoms with Gasteiger partial charge in [0, 0.05) is 23.4 Å². The number of nitrogens with zero attached hydrogens (tertiary/aromatic N) is 2. The summed E-state index contributed by atoms with van der Waals surface area (Å²) in [4.78, 5) is 24.7. The number of hydrogen-bond acceptors (Lipinski definition) is 6. The molecule has 1 N–H and O–H groups in total. The quantitative estimate of drug-likeness (QED) is 0.431. The molecule has 0 aliphatic carbocycles. The minimum absolute atomic E-state index is 0.368. The van der Waals surface area contributed by atoms with Crippen LogP contribution in [0.5, 0.6) is 11.5 Å². The van der Waals surface area contributed by atoms with Gasteiger partial charge in [-0.2, -0.15) is 5.10 Å². The van der Waals surface area contributed by atoms with Crippen molar-refractivity contribution in [3.63, 3.8) is 0 Å². The molecular formula is C24H22ClN3O5. The van der Waals surface area contributed by atoms with E-state index in [2.05, 4.69) is 10.4 Å². The van der Waals surface area contributed by atoms with Gasteiger partial charge in [-0.1, -0.05) is 29.8 Å². The molecule has 1 aliphatic heterocycles. The Hall–Kier alpha value is -3.78. The number of carbonyl (C=O) groups excluding carboxylic acids is 2. The van der Waals surface area contributed by atoms with Crippen molar-refractivity contribution in [2.45, 2.75) is 20.0 Å². The highest BCUT2D eigenvalue weighted by Gasteiger charge is 2.19. The molecule has 1 atom stereocenters. The minimum Gasteiger partial charge on any atom is -0.486 e. The molecule has 9 heteroatoms. The van der Waals surface area contributed by atoms with Gasteiger partial charge in [0.2, 0.25) is 0 Å². The van der Waals surface area contributed by atoms with Gasteiger partial charge in [-0.25, -0.2) is 9.48 Å². The minimum atomic E-state index is -1.01. The smallest absolute Gasteiger partial charge is 0.331 e. The topological polar surface area (TPSA) is 91.7 Å². The monoisotopic (exact) mass is 467 g/mol. The van der Waals surface area contributed by atoms with Crippen molar-refractivity contribution in [3.8, 4) is 17.2 Å². The Morgan fingerprint density at radius 1 is 1.15 bits per heavy atom. The zero-order chi connectivity index (χ0) is 23.4. The Morgan fingerprint density at radius 2 is 1.88 bits per heavy atom. The molecule has 1 amide bonds. The lowest BCUT2D eigenvalue weighted by Crippen LogP contribution is -2.29. The SMILES string of the molecule is Cc1nn(-c2ccccc2)c(Cl)c1/C=C/C(=O)OC(C)C(=O)Nc1ccc2c(c1)OCCO2. The maximum absolute atomic E-state index is 12.4. The zero-order valence-electron chi connectivity index (χ0n) is 18.1. The second kappa shape index (κ2) is 9.79. The second-order valence-electron chi connectivity index (χ2n) is 7.30. The standard InChI is InChI=1S/C24H22ClN3O5/c1-15-19(23(25)28(27-15)18-6-4-3-5-7-18)9-11-22(29)33-16(2)24(30)26-17-8-10-20-21(14-17)32-13-12-31-20/h3-11,14,16H,12-13H2,1-2H3,(H,26,30)/b11-9+. The van der Waals surface area contributed by atoms with E-state index < -0.39 is 18.0 Å². The number of aryl methyl sites for hydroxylation is 1. The van der Waals surface area contributed by atoms with Crippen LogP contribution in [0.15, 0.2) is 54.6 Å². The lowest BCUT2D eigenvalue weighted by molar-refractivity contribution is -0.148. The first-order valence-corrected chi connectivity index (χ1v) is 10.7. The number of hydrogen-bond donors (Lipinski definition) is 1. The summed E-state index contributed by atoms with van der Waals surface area (Å²) in [6.45, 7) is 4.21. The first-order valence-electron chi connectivity index (χ1n) is 10.3. The van der Waals surface area contributed by atoms with E-state index in [0.717, 1.165) is 5.69 Å². The molecule has 8 nitrogen and oxygen atoms in total. The number of rotatable bonds is 6. The fourth-order valence-corrected chi connectivity index (χ4v) is 3.56. The van der Waals surface area contributed by atoms with E-state index in [1.807, 2.05) is 30.3 Å². The molecule has 1 aliphatic rings. The number of ether oxygens (including phenoxy) is 3. The Bertz CT molecular complexity index is 1210. The summed E-state index contributed by atoms with van der Waals surface area (Å²) in [6.07, 6.45) is 1.73. The number of anilines is 1. The van der Waals surface area contributed by atoms with Crippen LogP contribution in [-0.2, 0) is 14.3 Å². The predicted octanol–water partition coefficient (Wildman–Crippen LogP) is 4.19. The van der Waals surface area contributed by atoms with Crippen molar-refractivity contribution in [1.82, 2.24) is 9.78 Å². The number of esters is 1. The molecule has 33 heavy (non-hydrogen) atoms. The summed E-state index contributed by atoms with van der Waals surface area (Å²) in [5.74, 6) is 0.0191. The Balaban J connectivity index is 1.37. The molecule has 1 aromatic heterocycles. The highest BCUT2D eigenvalue weighted by molar-refractivity contribution is 6.31. The molecule has 0 bridgehead atoms. The molecule has 0 saturated carbocycles. The lowest BCUT2D eigenvalue weighted by Gasteiger charge is -2.19. The van der Waals surface area contributed by atoms with Crippen molar-refractivity contribution >= 4 is 35.2 Å². The molecule has 170 valence electrons. The number of carbonyl (C=O) groups is 2. The van der Waals surface area contributed by atoms with Gasteiger partial charge in [0.05, 0.1) is 11.4 Å². The molecule has 0 saturated heterocycles. The number of nitrogens with one attached hydrogen (secondary N) is 1. The Labute approximate surface area is 195 Å². The van der Waals surface area contributed by atoms with Crippen LogP contribution in [0.3, 0.4) is 0 Å². The van der Waals surface area contributed by atoms with E-state index in [4.69, 9.17) is 25.8 Å². The van der Waals surface area contributed by atoms with Crippen LogP contribution in [0.4, 0.5) is 5.69 Å². The van der Waals surface area contributed by atoms with Crippen molar-refractivity contribution in [2.24, 2.45) is 0 Å². The maximum Gasteiger partial charge on any atom is 0.331 e. The molecular weight excluding hydrogens is 446 g/mol. The van der Waals surface area contributed by atoms with Gasteiger partial charge in [-0.15, -0.1) is 0 Å². The summed E-state index contributed by atoms with van der Waals surface area (Å²) < 4.78 is 17.8. The summed E-state index contributed by atoms with van der Waals surface area (Å²) in [6, 6.07) is 14.5. The van der Waals surface area contributed by atoms with Crippen molar-refractivity contribution in [3.05, 3.63) is 71.0 Å². The van der Waals surface area contributed by atoms with Crippen LogP contribution in [0.2, 0.25) is 5.15 Å². The first kappa shape index (κ1) is 22.4. The fraction of sp³-hybridized carbons (Fsp3) is 0.208. The summed E-state index contributed by atoms with van der Waals surface area (Å²) in [5, 5.41) is 7.49. The van der Waals surface area contributed by atoms with Crippen LogP contribution in [-0.4, -0.2) is 41.0 Å². The third-order valence-electron chi connectivity index (χ3n) is 4.91. The Morgan fingerprint density at radius 3 is 2.64 bits per heavy atom. The van der Waals surface area contributed by atoms with Gasteiger partial charge in [-0.3, -0.25) is 4.79 Å². The lowest BCUT2D eigenvalue weighted by atomic mass is 10.2. The van der Waals surface area contributed by atoms with Crippen LogP contribution in [0.1, 0.15) is 18.2 Å². The second-order valence-corrected chi connectivity index (χ2v) is 7.66. The molecule has 4 rings (SSSR count). The van der Waals surface area contributed by atoms with Gasteiger partial charge in [0.25, 0.3) is 5.91 Å². The van der Waals surface area contributed by atoms with Crippen molar-refractivity contribution < 1.29 is 23.8 Å². The molecule has 2 heterocycles. The summed E-state index contributed by atoms with van der Waals surface area (Å²) in [7, 11) is 0. The largest absolute Gasteiger partial charge is 0.486 e. The average molecular weight is 468 g/mol. The highest BCUT2D eigenvalue weighted by atomic mass is 35.5. The molecule has 0 radical (unpaired) electrons. The summed E-state index contributed by atoms with van der Waals surface area (Å²) >= 11 is 6.46. The number of amides is 1. The van der Waals surface area contributed by atoms with Crippen LogP contribution >= 0.6 is 11.6 Å². The van der Waals surface area contributed by atoms with E-state index in [9.17, 15) is 9.59 Å². The number of para-hydroxylation sites is 1. The third-order valence-corrected chi connectivity index (χ3v) is 5.27. The van der Waals surface area contributed by atoms with Gasteiger partial charge in [-0.05, 0) is 44.2 Å².